The minimum Gasteiger partial charge on any atom is -0.392 e. The van der Waals surface area contributed by atoms with Gasteiger partial charge in [0.2, 0.25) is 0 Å². The number of benzene rings is 1. The molecule has 3 N–H and O–H groups in total. The van der Waals surface area contributed by atoms with Crippen LogP contribution in [-0.2, 0) is 13.2 Å². The third-order valence-corrected chi connectivity index (χ3v) is 2.43. The van der Waals surface area contributed by atoms with Crippen molar-refractivity contribution < 1.29 is 5.11 Å². The molecule has 1 aromatic heterocycles. The minimum atomic E-state index is 0. The number of aliphatic hydroxyl groups is 1. The van der Waals surface area contributed by atoms with E-state index in [9.17, 15) is 0 Å². The second-order valence-electron chi connectivity index (χ2n) is 3.64. The second kappa shape index (κ2) is 6.39. The molecule has 0 aliphatic rings. The van der Waals surface area contributed by atoms with E-state index < -0.39 is 0 Å². The molecule has 0 saturated carbocycles. The van der Waals surface area contributed by atoms with Crippen molar-refractivity contribution in [1.29, 1.82) is 0 Å². The standard InChI is InChI=1S/C12H15N3O.ClH/c13-4-5-15-8-12(7-14-15)11-3-1-2-10(6-11)9-16;/h1-3,6-8,16H,4-5,9,13H2;1H. The number of rotatable bonds is 4. The lowest BCUT2D eigenvalue weighted by molar-refractivity contribution is 0.282. The summed E-state index contributed by atoms with van der Waals surface area (Å²) in [4.78, 5) is 0. The summed E-state index contributed by atoms with van der Waals surface area (Å²) in [6, 6.07) is 7.79. The van der Waals surface area contributed by atoms with Crippen molar-refractivity contribution in [3.05, 3.63) is 42.2 Å². The van der Waals surface area contributed by atoms with Crippen LogP contribution in [-0.4, -0.2) is 21.4 Å². The highest BCUT2D eigenvalue weighted by atomic mass is 35.5. The average Bonchev–Trinajstić information content (AvgIpc) is 2.78. The molecule has 0 aliphatic carbocycles. The summed E-state index contributed by atoms with van der Waals surface area (Å²) in [5.41, 5.74) is 8.48. The number of aromatic nitrogens is 2. The molecule has 0 radical (unpaired) electrons. The Hall–Kier alpha value is -1.36. The van der Waals surface area contributed by atoms with Gasteiger partial charge in [0.1, 0.15) is 0 Å². The maximum Gasteiger partial charge on any atom is 0.0682 e. The van der Waals surface area contributed by atoms with Gasteiger partial charge in [-0.2, -0.15) is 5.10 Å². The summed E-state index contributed by atoms with van der Waals surface area (Å²) < 4.78 is 1.82. The first-order valence-corrected chi connectivity index (χ1v) is 5.26. The molecule has 0 unspecified atom stereocenters. The van der Waals surface area contributed by atoms with Crippen molar-refractivity contribution in [2.45, 2.75) is 13.2 Å². The van der Waals surface area contributed by atoms with Crippen LogP contribution in [0.1, 0.15) is 5.56 Å². The molecule has 0 bridgehead atoms. The normalized spacial score (nSPS) is 10.0. The molecule has 92 valence electrons. The second-order valence-corrected chi connectivity index (χ2v) is 3.64. The van der Waals surface area contributed by atoms with E-state index in [-0.39, 0.29) is 19.0 Å². The Morgan fingerprint density at radius 2 is 2.12 bits per heavy atom. The van der Waals surface area contributed by atoms with E-state index in [1.54, 1.807) is 0 Å². The molecule has 1 aromatic carbocycles. The molecule has 0 spiro atoms. The lowest BCUT2D eigenvalue weighted by atomic mass is 10.1. The number of hydrogen-bond donors (Lipinski definition) is 2. The molecule has 1 heterocycles. The lowest BCUT2D eigenvalue weighted by Crippen LogP contribution is -2.09. The van der Waals surface area contributed by atoms with Crippen LogP contribution < -0.4 is 5.73 Å². The largest absolute Gasteiger partial charge is 0.392 e. The molecule has 0 saturated heterocycles. The van der Waals surface area contributed by atoms with Gasteiger partial charge in [0.15, 0.2) is 0 Å². The highest BCUT2D eigenvalue weighted by molar-refractivity contribution is 5.85. The van der Waals surface area contributed by atoms with Crippen LogP contribution in [0.25, 0.3) is 11.1 Å². The molecule has 4 nitrogen and oxygen atoms in total. The smallest absolute Gasteiger partial charge is 0.0682 e. The van der Waals surface area contributed by atoms with Crippen LogP contribution in [0.3, 0.4) is 0 Å². The summed E-state index contributed by atoms with van der Waals surface area (Å²) in [6.07, 6.45) is 3.77. The van der Waals surface area contributed by atoms with E-state index in [1.807, 2.05) is 41.3 Å². The molecule has 0 aliphatic heterocycles. The quantitative estimate of drug-likeness (QED) is 0.866. The first-order chi connectivity index (χ1) is 7.83. The maximum atomic E-state index is 9.06. The molecular weight excluding hydrogens is 238 g/mol. The van der Waals surface area contributed by atoms with Crippen molar-refractivity contribution in [1.82, 2.24) is 9.78 Å². The van der Waals surface area contributed by atoms with E-state index in [1.165, 1.54) is 0 Å². The summed E-state index contributed by atoms with van der Waals surface area (Å²) in [5.74, 6) is 0. The third kappa shape index (κ3) is 3.30. The Bertz CT molecular complexity index is 470. The number of nitrogens with zero attached hydrogens (tertiary/aromatic N) is 2. The van der Waals surface area contributed by atoms with E-state index in [2.05, 4.69) is 5.10 Å². The fourth-order valence-corrected chi connectivity index (χ4v) is 1.62. The summed E-state index contributed by atoms with van der Waals surface area (Å²) in [6.45, 7) is 1.36. The van der Waals surface area contributed by atoms with Crippen molar-refractivity contribution in [3.8, 4) is 11.1 Å². The zero-order valence-corrected chi connectivity index (χ0v) is 10.2. The van der Waals surface area contributed by atoms with Gasteiger partial charge in [-0.3, -0.25) is 4.68 Å². The molecule has 0 amide bonds. The molecule has 0 fully saturated rings. The highest BCUT2D eigenvalue weighted by Crippen LogP contribution is 2.19. The van der Waals surface area contributed by atoms with Crippen molar-refractivity contribution in [2.24, 2.45) is 5.73 Å². The zero-order valence-electron chi connectivity index (χ0n) is 9.41. The van der Waals surface area contributed by atoms with Crippen LogP contribution in [0.2, 0.25) is 0 Å². The first kappa shape index (κ1) is 13.7. The lowest BCUT2D eigenvalue weighted by Gasteiger charge is -2.00. The molecule has 5 heteroatoms. The number of nitrogens with two attached hydrogens (primary N) is 1. The minimum absolute atomic E-state index is 0. The summed E-state index contributed by atoms with van der Waals surface area (Å²) >= 11 is 0. The Morgan fingerprint density at radius 1 is 1.29 bits per heavy atom. The van der Waals surface area contributed by atoms with Crippen LogP contribution in [0, 0.1) is 0 Å². The van der Waals surface area contributed by atoms with Crippen LogP contribution in [0.4, 0.5) is 0 Å². The van der Waals surface area contributed by atoms with Gasteiger partial charge in [-0.15, -0.1) is 12.4 Å². The van der Waals surface area contributed by atoms with Crippen LogP contribution in [0.5, 0.6) is 0 Å². The molecule has 2 aromatic rings. The fraction of sp³-hybridized carbons (Fsp3) is 0.250. The summed E-state index contributed by atoms with van der Waals surface area (Å²) in [7, 11) is 0. The van der Waals surface area contributed by atoms with Crippen molar-refractivity contribution in [2.75, 3.05) is 6.54 Å². The van der Waals surface area contributed by atoms with Gasteiger partial charge in [0.25, 0.3) is 0 Å². The molecule has 0 atom stereocenters. The van der Waals surface area contributed by atoms with Gasteiger partial charge < -0.3 is 10.8 Å². The molecular formula is C12H16ClN3O. The zero-order chi connectivity index (χ0) is 11.4. The monoisotopic (exact) mass is 253 g/mol. The number of hydrogen-bond acceptors (Lipinski definition) is 3. The topological polar surface area (TPSA) is 64.1 Å². The maximum absolute atomic E-state index is 9.06. The predicted octanol–water partition coefficient (Wildman–Crippen LogP) is 1.42. The fourth-order valence-electron chi connectivity index (χ4n) is 1.62. The SMILES string of the molecule is Cl.NCCn1cc(-c2cccc(CO)c2)cn1. The van der Waals surface area contributed by atoms with E-state index in [0.29, 0.717) is 6.54 Å². The Morgan fingerprint density at radius 3 is 2.82 bits per heavy atom. The van der Waals surface area contributed by atoms with Gasteiger partial charge in [-0.05, 0) is 17.2 Å². The van der Waals surface area contributed by atoms with E-state index in [0.717, 1.165) is 23.2 Å². The Kier molecular flexibility index (Phi) is 5.15. The first-order valence-electron chi connectivity index (χ1n) is 5.26. The third-order valence-electron chi connectivity index (χ3n) is 2.43. The molecule has 2 rings (SSSR count). The van der Waals surface area contributed by atoms with E-state index in [4.69, 9.17) is 10.8 Å². The van der Waals surface area contributed by atoms with Crippen LogP contribution >= 0.6 is 12.4 Å². The number of aliphatic hydroxyl groups excluding tert-OH is 1. The van der Waals surface area contributed by atoms with Gasteiger partial charge >= 0.3 is 0 Å². The van der Waals surface area contributed by atoms with Crippen molar-refractivity contribution in [3.63, 3.8) is 0 Å². The van der Waals surface area contributed by atoms with Gasteiger partial charge in [0, 0.05) is 18.3 Å². The highest BCUT2D eigenvalue weighted by Gasteiger charge is 2.02. The van der Waals surface area contributed by atoms with Crippen LogP contribution in [0.15, 0.2) is 36.7 Å². The Balaban J connectivity index is 0.00000144. The van der Waals surface area contributed by atoms with Gasteiger partial charge in [-0.25, -0.2) is 0 Å². The van der Waals surface area contributed by atoms with Crippen molar-refractivity contribution >= 4 is 12.4 Å². The average molecular weight is 254 g/mol. The number of halogens is 1. The summed E-state index contributed by atoms with van der Waals surface area (Å²) in [5, 5.41) is 13.3. The van der Waals surface area contributed by atoms with E-state index >= 15 is 0 Å². The Labute approximate surface area is 106 Å². The predicted molar refractivity (Wildman–Crippen MR) is 69.9 cm³/mol. The molecule has 17 heavy (non-hydrogen) atoms. The van der Waals surface area contributed by atoms with Gasteiger partial charge in [-0.1, -0.05) is 18.2 Å². The van der Waals surface area contributed by atoms with Gasteiger partial charge in [0.05, 0.1) is 19.3 Å².